The molecule has 0 aliphatic heterocycles. The third kappa shape index (κ3) is 5.22. The predicted octanol–water partition coefficient (Wildman–Crippen LogP) is 2.93. The number of nitrogens with one attached hydrogen (secondary N) is 2. The fourth-order valence-electron chi connectivity index (χ4n) is 2.37. The van der Waals surface area contributed by atoms with Gasteiger partial charge in [0.2, 0.25) is 5.91 Å². The zero-order chi connectivity index (χ0) is 17.7. The van der Waals surface area contributed by atoms with Gasteiger partial charge in [0.25, 0.3) is 0 Å². The van der Waals surface area contributed by atoms with E-state index in [0.29, 0.717) is 12.3 Å². The largest absolute Gasteiger partial charge is 0.490 e. The van der Waals surface area contributed by atoms with E-state index in [1.54, 1.807) is 0 Å². The first-order valence-electron chi connectivity index (χ1n) is 8.11. The summed E-state index contributed by atoms with van der Waals surface area (Å²) in [6, 6.07) is 11.3. The van der Waals surface area contributed by atoms with E-state index in [1.165, 1.54) is 6.92 Å². The Kier molecular flexibility index (Phi) is 5.80. The van der Waals surface area contributed by atoms with E-state index in [1.807, 2.05) is 36.4 Å². The summed E-state index contributed by atoms with van der Waals surface area (Å²) in [6.07, 6.45) is -0.599. The normalized spacial score (nSPS) is 12.9. The number of carbonyl (C=O) groups excluding carboxylic acids is 1. The topological polar surface area (TPSA) is 70.6 Å². The molecule has 0 aliphatic carbocycles. The van der Waals surface area contributed by atoms with Gasteiger partial charge in [-0.05, 0) is 32.9 Å². The van der Waals surface area contributed by atoms with Crippen molar-refractivity contribution in [2.75, 3.05) is 18.5 Å². The molecule has 130 valence electrons. The number of hydrogen-bond acceptors (Lipinski definition) is 4. The van der Waals surface area contributed by atoms with Gasteiger partial charge in [-0.2, -0.15) is 0 Å². The van der Waals surface area contributed by atoms with E-state index >= 15 is 0 Å². The smallest absolute Gasteiger partial charge is 0.221 e. The maximum atomic E-state index is 11.3. The molecule has 0 fully saturated rings. The fourth-order valence-corrected chi connectivity index (χ4v) is 2.37. The Bertz CT molecular complexity index is 707. The number of anilines is 1. The van der Waals surface area contributed by atoms with E-state index < -0.39 is 6.10 Å². The van der Waals surface area contributed by atoms with Crippen LogP contribution in [0.3, 0.4) is 0 Å². The van der Waals surface area contributed by atoms with Crippen LogP contribution >= 0.6 is 0 Å². The third-order valence-electron chi connectivity index (χ3n) is 3.49. The summed E-state index contributed by atoms with van der Waals surface area (Å²) in [7, 11) is 0. The lowest BCUT2D eigenvalue weighted by molar-refractivity contribution is -0.114. The summed E-state index contributed by atoms with van der Waals surface area (Å²) in [5, 5.41) is 18.0. The number of ether oxygens (including phenoxy) is 1. The van der Waals surface area contributed by atoms with Gasteiger partial charge in [-0.1, -0.05) is 24.3 Å². The summed E-state index contributed by atoms with van der Waals surface area (Å²) in [4.78, 5) is 11.3. The van der Waals surface area contributed by atoms with Crippen LogP contribution in [0.4, 0.5) is 5.69 Å². The van der Waals surface area contributed by atoms with Crippen LogP contribution in [0, 0.1) is 0 Å². The Labute approximate surface area is 143 Å². The molecule has 5 heteroatoms. The van der Waals surface area contributed by atoms with E-state index in [2.05, 4.69) is 31.4 Å². The number of amides is 1. The van der Waals surface area contributed by atoms with Gasteiger partial charge in [0.1, 0.15) is 18.5 Å². The molecule has 0 bridgehead atoms. The first-order valence-corrected chi connectivity index (χ1v) is 8.11. The van der Waals surface area contributed by atoms with Crippen molar-refractivity contribution in [2.24, 2.45) is 0 Å². The van der Waals surface area contributed by atoms with E-state index in [4.69, 9.17) is 4.74 Å². The molecule has 2 aromatic rings. The number of β-amino-alcohol motifs (C(OH)–C–C–N with tert-alkyl or cyclic N) is 1. The Morgan fingerprint density at radius 2 is 1.83 bits per heavy atom. The first kappa shape index (κ1) is 18.2. The maximum Gasteiger partial charge on any atom is 0.221 e. The van der Waals surface area contributed by atoms with Gasteiger partial charge in [0.05, 0.1) is 0 Å². The van der Waals surface area contributed by atoms with Crippen molar-refractivity contribution in [3.63, 3.8) is 0 Å². The minimum absolute atomic E-state index is 0.0479. The lowest BCUT2D eigenvalue weighted by Gasteiger charge is -2.23. The molecule has 1 amide bonds. The summed E-state index contributed by atoms with van der Waals surface area (Å²) in [5.74, 6) is 0.576. The minimum atomic E-state index is -0.599. The van der Waals surface area contributed by atoms with Gasteiger partial charge in [-0.15, -0.1) is 0 Å². The highest BCUT2D eigenvalue weighted by atomic mass is 16.5. The molecule has 24 heavy (non-hydrogen) atoms. The van der Waals surface area contributed by atoms with Crippen LogP contribution in [0.5, 0.6) is 5.75 Å². The van der Waals surface area contributed by atoms with Gasteiger partial charge in [-0.25, -0.2) is 0 Å². The van der Waals surface area contributed by atoms with Gasteiger partial charge < -0.3 is 20.5 Å². The molecule has 1 atom stereocenters. The third-order valence-corrected chi connectivity index (χ3v) is 3.49. The van der Waals surface area contributed by atoms with E-state index in [9.17, 15) is 9.90 Å². The quantitative estimate of drug-likeness (QED) is 0.761. The molecule has 0 aliphatic rings. The first-order chi connectivity index (χ1) is 11.3. The Balaban J connectivity index is 2.11. The lowest BCUT2D eigenvalue weighted by Crippen LogP contribution is -2.42. The van der Waals surface area contributed by atoms with Crippen LogP contribution < -0.4 is 15.4 Å². The standard InChI is InChI=1S/C19H26N2O3/c1-13(22)21-17-9-5-8-16-15(17)7-6-10-18(16)24-12-14(23)11-20-19(2,3)4/h5-10,14,20,23H,11-12H2,1-4H3,(H,21,22). The number of carbonyl (C=O) groups is 1. The van der Waals surface area contributed by atoms with Gasteiger partial charge in [-0.3, -0.25) is 4.79 Å². The molecule has 2 rings (SSSR count). The second kappa shape index (κ2) is 7.64. The van der Waals surface area contributed by atoms with Gasteiger partial charge in [0, 0.05) is 35.5 Å². The molecule has 3 N–H and O–H groups in total. The number of rotatable bonds is 6. The van der Waals surface area contributed by atoms with Crippen molar-refractivity contribution in [2.45, 2.75) is 39.3 Å². The molecule has 0 heterocycles. The van der Waals surface area contributed by atoms with Gasteiger partial charge in [0.15, 0.2) is 0 Å². The van der Waals surface area contributed by atoms with Crippen molar-refractivity contribution < 1.29 is 14.6 Å². The molecule has 0 spiro atoms. The summed E-state index contributed by atoms with van der Waals surface area (Å²) in [5.41, 5.74) is 0.702. The minimum Gasteiger partial charge on any atom is -0.490 e. The van der Waals surface area contributed by atoms with Crippen LogP contribution in [-0.4, -0.2) is 35.8 Å². The van der Waals surface area contributed by atoms with Crippen LogP contribution in [0.15, 0.2) is 36.4 Å². The average molecular weight is 330 g/mol. The molecule has 2 aromatic carbocycles. The molecular formula is C19H26N2O3. The number of fused-ring (bicyclic) bond motifs is 1. The molecule has 0 radical (unpaired) electrons. The van der Waals surface area contributed by atoms with Crippen molar-refractivity contribution in [3.05, 3.63) is 36.4 Å². The molecule has 5 nitrogen and oxygen atoms in total. The lowest BCUT2D eigenvalue weighted by atomic mass is 10.1. The monoisotopic (exact) mass is 330 g/mol. The SMILES string of the molecule is CC(=O)Nc1cccc2c(OCC(O)CNC(C)(C)C)cccc12. The van der Waals surface area contributed by atoms with Crippen LogP contribution in [0.1, 0.15) is 27.7 Å². The van der Waals surface area contributed by atoms with Crippen molar-refractivity contribution in [1.29, 1.82) is 0 Å². The van der Waals surface area contributed by atoms with Gasteiger partial charge >= 0.3 is 0 Å². The van der Waals surface area contributed by atoms with Crippen molar-refractivity contribution in [1.82, 2.24) is 5.32 Å². The molecule has 0 saturated carbocycles. The van der Waals surface area contributed by atoms with Crippen LogP contribution in [-0.2, 0) is 4.79 Å². The Hall–Kier alpha value is -2.11. The molecule has 0 aromatic heterocycles. The van der Waals surface area contributed by atoms with Crippen molar-refractivity contribution >= 4 is 22.4 Å². The second-order valence-corrected chi connectivity index (χ2v) is 6.93. The predicted molar refractivity (Wildman–Crippen MR) is 97.5 cm³/mol. The molecule has 0 saturated heterocycles. The Morgan fingerprint density at radius 1 is 1.17 bits per heavy atom. The van der Waals surface area contributed by atoms with Crippen LogP contribution in [0.25, 0.3) is 10.8 Å². The second-order valence-electron chi connectivity index (χ2n) is 6.93. The number of hydrogen-bond donors (Lipinski definition) is 3. The maximum absolute atomic E-state index is 11.3. The fraction of sp³-hybridized carbons (Fsp3) is 0.421. The zero-order valence-corrected chi connectivity index (χ0v) is 14.7. The highest BCUT2D eigenvalue weighted by Crippen LogP contribution is 2.30. The summed E-state index contributed by atoms with van der Waals surface area (Å²) in [6.45, 7) is 8.30. The Morgan fingerprint density at radius 3 is 2.50 bits per heavy atom. The molecule has 1 unspecified atom stereocenters. The number of aliphatic hydroxyl groups is 1. The average Bonchev–Trinajstić information content (AvgIpc) is 2.50. The number of benzene rings is 2. The highest BCUT2D eigenvalue weighted by Gasteiger charge is 2.13. The van der Waals surface area contributed by atoms with E-state index in [-0.39, 0.29) is 18.1 Å². The van der Waals surface area contributed by atoms with E-state index in [0.717, 1.165) is 16.5 Å². The number of aliphatic hydroxyl groups excluding tert-OH is 1. The van der Waals surface area contributed by atoms with Crippen molar-refractivity contribution in [3.8, 4) is 5.75 Å². The van der Waals surface area contributed by atoms with Crippen LogP contribution in [0.2, 0.25) is 0 Å². The summed E-state index contributed by atoms with van der Waals surface area (Å²) < 4.78 is 5.80. The highest BCUT2D eigenvalue weighted by molar-refractivity contribution is 6.03. The summed E-state index contributed by atoms with van der Waals surface area (Å²) >= 11 is 0. The molecular weight excluding hydrogens is 304 g/mol. The zero-order valence-electron chi connectivity index (χ0n) is 14.7.